The Labute approximate surface area is 341 Å². The number of aliphatic hydroxyl groups is 2. The van der Waals surface area contributed by atoms with Gasteiger partial charge in [0.2, 0.25) is 5.78 Å². The number of imidazole rings is 2. The summed E-state index contributed by atoms with van der Waals surface area (Å²) in [5, 5.41) is 32.6. The van der Waals surface area contributed by atoms with Crippen LogP contribution in [0.25, 0.3) is 11.1 Å². The molecule has 4 N–H and O–H groups in total. The highest BCUT2D eigenvalue weighted by Gasteiger charge is 2.57. The minimum atomic E-state index is -0.833. The van der Waals surface area contributed by atoms with Gasteiger partial charge in [0.15, 0.2) is 11.6 Å². The van der Waals surface area contributed by atoms with Crippen molar-refractivity contribution >= 4 is 46.5 Å². The number of carbonyl (C=O) groups is 3. The van der Waals surface area contributed by atoms with E-state index in [9.17, 15) is 29.7 Å². The molecule has 1 amide bonds. The van der Waals surface area contributed by atoms with Gasteiger partial charge < -0.3 is 29.8 Å². The molecule has 2 bridgehead atoms. The number of hydrogen-bond donors (Lipinski definition) is 4. The number of β-amino-alcohol motifs (C(OH)–C–C–N with tert-alkyl or cyclic N) is 1. The number of ketones is 1. The molecule has 15 heteroatoms. The molecule has 0 unspecified atom stereocenters. The number of carboxylic acids is 1. The molecule has 2 aliphatic heterocycles. The second kappa shape index (κ2) is 15.6. The van der Waals surface area contributed by atoms with Crippen LogP contribution in [0.3, 0.4) is 0 Å². The van der Waals surface area contributed by atoms with E-state index in [1.807, 2.05) is 46.3 Å². The molecule has 2 fully saturated rings. The van der Waals surface area contributed by atoms with Crippen molar-refractivity contribution in [2.45, 2.75) is 77.0 Å². The summed E-state index contributed by atoms with van der Waals surface area (Å²) < 4.78 is 3.70. The molecule has 0 saturated heterocycles. The van der Waals surface area contributed by atoms with Gasteiger partial charge in [0, 0.05) is 88.6 Å². The van der Waals surface area contributed by atoms with Gasteiger partial charge in [-0.25, -0.2) is 9.97 Å². The van der Waals surface area contributed by atoms with Crippen molar-refractivity contribution in [3.05, 3.63) is 86.4 Å². The molecule has 57 heavy (non-hydrogen) atoms. The van der Waals surface area contributed by atoms with Crippen LogP contribution in [0.1, 0.15) is 88.1 Å². The monoisotopic (exact) mass is 817 g/mol. The highest BCUT2D eigenvalue weighted by Crippen LogP contribution is 2.63. The Bertz CT molecular complexity index is 2240. The van der Waals surface area contributed by atoms with Crippen LogP contribution >= 0.6 is 23.2 Å². The Morgan fingerprint density at radius 1 is 0.860 bits per heavy atom. The molecule has 0 radical (unpaired) electrons. The van der Waals surface area contributed by atoms with Crippen LogP contribution in [-0.2, 0) is 51.2 Å². The van der Waals surface area contributed by atoms with Crippen LogP contribution in [0.4, 0.5) is 5.69 Å². The molecule has 1 atom stereocenters. The Morgan fingerprint density at radius 2 is 1.47 bits per heavy atom. The number of hydrogen-bond acceptors (Lipinski definition) is 9. The van der Waals surface area contributed by atoms with Gasteiger partial charge in [0.05, 0.1) is 45.2 Å². The average Bonchev–Trinajstić information content (AvgIpc) is 3.96. The molecular formula is C42H49Cl2N7O6. The first-order chi connectivity index (χ1) is 27.3. The number of halogens is 2. The zero-order valence-electron chi connectivity index (χ0n) is 32.4. The highest BCUT2D eigenvalue weighted by atomic mass is 35.5. The predicted molar refractivity (Wildman–Crippen MR) is 216 cm³/mol. The van der Waals surface area contributed by atoms with E-state index in [-0.39, 0.29) is 30.1 Å². The smallest absolute Gasteiger partial charge is 0.309 e. The van der Waals surface area contributed by atoms with Crippen LogP contribution in [0.2, 0.25) is 10.0 Å². The topological polar surface area (TPSA) is 166 Å². The maximum absolute atomic E-state index is 13.8. The second-order valence-electron chi connectivity index (χ2n) is 16.6. The standard InChI is InChI=1S/C42H49Cl2N7O6/c1-48-32-10-17-51(20-26(53)23-52)22-31(32)45-37(48)34(54)19-25-5-3-6-27(35(25)43)28-7-4-8-29(36(28)44)47-39(55)38-46-30-21-50(16-9-33(30)49(38)2)18-15-41-11-13-42(24-41,14-12-41)40(56)57/h3-8,26,52-53H,9-24H2,1-2H3,(H,47,55)(H,56,57)/t26-,41?,42?/m1/s1. The number of rotatable bonds is 13. The number of nitrogens with one attached hydrogen (secondary N) is 1. The number of Topliss-reactive ketones (excluding diaryl/α,β-unsaturated/α-hetero) is 1. The number of amides is 1. The Morgan fingerprint density at radius 3 is 2.14 bits per heavy atom. The van der Waals surface area contributed by atoms with Crippen molar-refractivity contribution in [1.82, 2.24) is 28.9 Å². The lowest BCUT2D eigenvalue weighted by Gasteiger charge is -2.32. The van der Waals surface area contributed by atoms with Gasteiger partial charge in [-0.1, -0.05) is 53.5 Å². The Kier molecular flexibility index (Phi) is 10.8. The summed E-state index contributed by atoms with van der Waals surface area (Å²) >= 11 is 14.0. The SMILES string of the molecule is Cn1c(C(=O)Cc2cccc(-c3cccc(NC(=O)c4nc5c(n4C)CCN(CCC46CCC(C(=O)O)(CC4)C6)C5)c3Cl)c2Cl)nc2c1CCN(C[C@@H](O)CO)C2. The summed E-state index contributed by atoms with van der Waals surface area (Å²) in [5.41, 5.74) is 5.54. The van der Waals surface area contributed by atoms with E-state index >= 15 is 0 Å². The van der Waals surface area contributed by atoms with Crippen LogP contribution in [0.15, 0.2) is 36.4 Å². The molecule has 2 aliphatic carbocycles. The van der Waals surface area contributed by atoms with E-state index in [2.05, 4.69) is 15.2 Å². The number of aliphatic carboxylic acids is 1. The molecule has 4 aromatic rings. The third-order valence-corrected chi connectivity index (χ3v) is 14.0. The largest absolute Gasteiger partial charge is 0.481 e. The Hall–Kier alpha value is -4.11. The van der Waals surface area contributed by atoms with Gasteiger partial charge in [-0.15, -0.1) is 0 Å². The van der Waals surface area contributed by atoms with E-state index in [0.717, 1.165) is 80.8 Å². The van der Waals surface area contributed by atoms with Crippen molar-refractivity contribution in [3.8, 4) is 11.1 Å². The fourth-order valence-corrected chi connectivity index (χ4v) is 10.4. The second-order valence-corrected chi connectivity index (χ2v) is 17.4. The van der Waals surface area contributed by atoms with E-state index in [1.54, 1.807) is 18.2 Å². The number of aromatic nitrogens is 4. The molecule has 2 aromatic heterocycles. The zero-order valence-corrected chi connectivity index (χ0v) is 33.9. The third-order valence-electron chi connectivity index (χ3n) is 13.2. The lowest BCUT2D eigenvalue weighted by Crippen LogP contribution is -2.38. The van der Waals surface area contributed by atoms with E-state index in [4.69, 9.17) is 28.2 Å². The van der Waals surface area contributed by atoms with E-state index < -0.39 is 17.5 Å². The van der Waals surface area contributed by atoms with Gasteiger partial charge in [-0.05, 0) is 62.1 Å². The van der Waals surface area contributed by atoms with Gasteiger partial charge in [0.25, 0.3) is 5.91 Å². The zero-order chi connectivity index (χ0) is 40.2. The van der Waals surface area contributed by atoms with Crippen molar-refractivity contribution < 1.29 is 29.7 Å². The molecule has 0 spiro atoms. The summed E-state index contributed by atoms with van der Waals surface area (Å²) in [7, 11) is 3.70. The summed E-state index contributed by atoms with van der Waals surface area (Å²) in [6.45, 7) is 3.57. The van der Waals surface area contributed by atoms with Crippen molar-refractivity contribution in [1.29, 1.82) is 0 Å². The minimum absolute atomic E-state index is 0.0188. The average molecular weight is 819 g/mol. The third kappa shape index (κ3) is 7.42. The van der Waals surface area contributed by atoms with Crippen molar-refractivity contribution in [3.63, 3.8) is 0 Å². The van der Waals surface area contributed by atoms with E-state index in [1.165, 1.54) is 0 Å². The highest BCUT2D eigenvalue weighted by molar-refractivity contribution is 6.39. The predicted octanol–water partition coefficient (Wildman–Crippen LogP) is 5.30. The molecule has 2 aromatic carbocycles. The molecule has 4 aliphatic rings. The van der Waals surface area contributed by atoms with Gasteiger partial charge in [-0.3, -0.25) is 24.2 Å². The molecule has 13 nitrogen and oxygen atoms in total. The molecule has 4 heterocycles. The fourth-order valence-electron chi connectivity index (χ4n) is 9.86. The molecule has 302 valence electrons. The van der Waals surface area contributed by atoms with Gasteiger partial charge >= 0.3 is 5.97 Å². The van der Waals surface area contributed by atoms with Gasteiger partial charge in [-0.2, -0.15) is 0 Å². The lowest BCUT2D eigenvalue weighted by atomic mass is 9.80. The number of carbonyl (C=O) groups excluding carboxylic acids is 2. The van der Waals surface area contributed by atoms with Crippen LogP contribution in [-0.4, -0.2) is 101 Å². The summed E-state index contributed by atoms with van der Waals surface area (Å²) in [6, 6.07) is 10.8. The maximum Gasteiger partial charge on any atom is 0.309 e. The number of aliphatic hydroxyl groups excluding tert-OH is 2. The molecule has 8 rings (SSSR count). The maximum atomic E-state index is 13.8. The van der Waals surface area contributed by atoms with Crippen molar-refractivity contribution in [2.24, 2.45) is 24.9 Å². The Balaban J connectivity index is 0.934. The first-order valence-electron chi connectivity index (χ1n) is 19.8. The molecular weight excluding hydrogens is 769 g/mol. The quantitative estimate of drug-likeness (QED) is 0.130. The van der Waals surface area contributed by atoms with Crippen LogP contribution < -0.4 is 5.32 Å². The van der Waals surface area contributed by atoms with Crippen LogP contribution in [0, 0.1) is 10.8 Å². The summed E-state index contributed by atoms with van der Waals surface area (Å²) in [5.74, 6) is -0.566. The lowest BCUT2D eigenvalue weighted by molar-refractivity contribution is -0.148. The first-order valence-corrected chi connectivity index (χ1v) is 20.5. The first kappa shape index (κ1) is 39.7. The normalized spacial score (nSPS) is 22.4. The number of anilines is 1. The summed E-state index contributed by atoms with van der Waals surface area (Å²) in [4.78, 5) is 53.2. The number of nitrogens with zero attached hydrogens (tertiary/aromatic N) is 6. The fraction of sp³-hybridized carbons (Fsp3) is 0.500. The van der Waals surface area contributed by atoms with Gasteiger partial charge in [0.1, 0.15) is 0 Å². The number of fused-ring (bicyclic) bond motifs is 4. The minimum Gasteiger partial charge on any atom is -0.481 e. The molecule has 2 saturated carbocycles. The van der Waals surface area contributed by atoms with E-state index in [0.29, 0.717) is 76.7 Å². The number of benzene rings is 2. The number of carboxylic acid groups (broad SMARTS) is 1. The van der Waals surface area contributed by atoms with Crippen LogP contribution in [0.5, 0.6) is 0 Å². The van der Waals surface area contributed by atoms with Crippen molar-refractivity contribution in [2.75, 3.05) is 38.1 Å². The summed E-state index contributed by atoms with van der Waals surface area (Å²) in [6.07, 6.45) is 5.95.